The first-order chi connectivity index (χ1) is 17.0. The molecule has 35 heavy (non-hydrogen) atoms. The van der Waals surface area contributed by atoms with Crippen LogP contribution in [-0.4, -0.2) is 53.7 Å². The predicted octanol–water partition coefficient (Wildman–Crippen LogP) is 3.87. The van der Waals surface area contributed by atoms with E-state index in [2.05, 4.69) is 29.6 Å². The second kappa shape index (κ2) is 8.70. The standard InChI is InChI=1S/C28H30N2O5/c31-26(30-13-17-11-12-18(14-30)24(17)27(32)33)25(16-9-10-16)29-28(34)35-15-23-21-7-3-1-5-19(21)20-6-2-4-8-22(20)23/h1-8,16-18,23-25H,9-15H2,(H,29,34)(H,32,33). The van der Waals surface area contributed by atoms with Gasteiger partial charge in [0, 0.05) is 19.0 Å². The molecule has 3 aliphatic carbocycles. The molecule has 7 heteroatoms. The number of piperidine rings is 1. The molecule has 4 aliphatic rings. The lowest BCUT2D eigenvalue weighted by molar-refractivity contribution is -0.150. The lowest BCUT2D eigenvalue weighted by Gasteiger charge is -2.37. The highest BCUT2D eigenvalue weighted by molar-refractivity contribution is 5.87. The number of nitrogens with zero attached hydrogens (tertiary/aromatic N) is 1. The number of alkyl carbamates (subject to hydrolysis) is 1. The van der Waals surface area contributed by atoms with Gasteiger partial charge in [-0.3, -0.25) is 9.59 Å². The number of fused-ring (bicyclic) bond motifs is 5. The zero-order chi connectivity index (χ0) is 24.1. The third-order valence-corrected chi connectivity index (χ3v) is 8.41. The SMILES string of the molecule is O=C(NC(C(=O)N1CC2CCC(C1)C2C(=O)O)C1CC1)OCC1c2ccccc2-c2ccccc21. The molecular weight excluding hydrogens is 444 g/mol. The van der Waals surface area contributed by atoms with Crippen LogP contribution in [0.5, 0.6) is 0 Å². The van der Waals surface area contributed by atoms with Crippen molar-refractivity contribution in [3.8, 4) is 11.1 Å². The predicted molar refractivity (Wildman–Crippen MR) is 129 cm³/mol. The second-order valence-corrected chi connectivity index (χ2v) is 10.5. The molecule has 1 heterocycles. The molecule has 0 spiro atoms. The maximum Gasteiger partial charge on any atom is 0.407 e. The van der Waals surface area contributed by atoms with Gasteiger partial charge in [0.15, 0.2) is 0 Å². The number of carbonyl (C=O) groups is 3. The minimum atomic E-state index is -0.750. The van der Waals surface area contributed by atoms with Crippen molar-refractivity contribution in [1.29, 1.82) is 0 Å². The summed E-state index contributed by atoms with van der Waals surface area (Å²) in [5.41, 5.74) is 4.63. The van der Waals surface area contributed by atoms with Gasteiger partial charge in [-0.1, -0.05) is 48.5 Å². The fourth-order valence-electron chi connectivity index (χ4n) is 6.58. The minimum absolute atomic E-state index is 0.00417. The van der Waals surface area contributed by atoms with Crippen LogP contribution in [0.4, 0.5) is 4.79 Å². The van der Waals surface area contributed by atoms with Crippen LogP contribution in [0.1, 0.15) is 42.7 Å². The van der Waals surface area contributed by atoms with Crippen LogP contribution in [0.2, 0.25) is 0 Å². The van der Waals surface area contributed by atoms with E-state index in [0.29, 0.717) is 13.1 Å². The Balaban J connectivity index is 1.11. The van der Waals surface area contributed by atoms with Crippen LogP contribution in [0.3, 0.4) is 0 Å². The number of likely N-dealkylation sites (tertiary alicyclic amines) is 1. The van der Waals surface area contributed by atoms with Crippen molar-refractivity contribution >= 4 is 18.0 Å². The molecule has 1 saturated heterocycles. The summed E-state index contributed by atoms with van der Waals surface area (Å²) in [5.74, 6) is -1.10. The van der Waals surface area contributed by atoms with E-state index in [1.54, 1.807) is 4.90 Å². The number of nitrogens with one attached hydrogen (secondary N) is 1. The van der Waals surface area contributed by atoms with Crippen LogP contribution in [0.15, 0.2) is 48.5 Å². The van der Waals surface area contributed by atoms with Crippen molar-refractivity contribution in [3.63, 3.8) is 0 Å². The molecule has 3 fully saturated rings. The molecule has 182 valence electrons. The van der Waals surface area contributed by atoms with Gasteiger partial charge in [0.1, 0.15) is 12.6 Å². The van der Waals surface area contributed by atoms with Gasteiger partial charge in [-0.05, 0) is 65.7 Å². The van der Waals surface area contributed by atoms with E-state index in [1.165, 1.54) is 11.1 Å². The van der Waals surface area contributed by atoms with Gasteiger partial charge in [0.05, 0.1) is 5.92 Å². The molecule has 2 aromatic carbocycles. The van der Waals surface area contributed by atoms with E-state index in [4.69, 9.17) is 4.74 Å². The topological polar surface area (TPSA) is 95.9 Å². The zero-order valence-electron chi connectivity index (χ0n) is 19.6. The van der Waals surface area contributed by atoms with Crippen molar-refractivity contribution in [2.45, 2.75) is 37.6 Å². The number of amides is 2. The number of aliphatic carboxylic acids is 1. The largest absolute Gasteiger partial charge is 0.481 e. The Kier molecular flexibility index (Phi) is 5.50. The maximum absolute atomic E-state index is 13.4. The average Bonchev–Trinajstić information content (AvgIpc) is 3.60. The van der Waals surface area contributed by atoms with Gasteiger partial charge in [-0.15, -0.1) is 0 Å². The molecular formula is C28H30N2O5. The Labute approximate surface area is 204 Å². The summed E-state index contributed by atoms with van der Waals surface area (Å²) < 4.78 is 5.69. The van der Waals surface area contributed by atoms with Crippen molar-refractivity contribution in [3.05, 3.63) is 59.7 Å². The number of hydrogen-bond donors (Lipinski definition) is 2. The number of carbonyl (C=O) groups excluding carboxylic acids is 2. The molecule has 2 aromatic rings. The van der Waals surface area contributed by atoms with Gasteiger partial charge < -0.3 is 20.1 Å². The number of ether oxygens (including phenoxy) is 1. The van der Waals surface area contributed by atoms with Crippen LogP contribution < -0.4 is 5.32 Å². The van der Waals surface area contributed by atoms with Gasteiger partial charge in [-0.25, -0.2) is 4.79 Å². The fourth-order valence-corrected chi connectivity index (χ4v) is 6.58. The number of carboxylic acids is 1. The molecule has 0 aromatic heterocycles. The lowest BCUT2D eigenvalue weighted by Crippen LogP contribution is -2.55. The Bertz CT molecular complexity index is 1120. The van der Waals surface area contributed by atoms with E-state index >= 15 is 0 Å². The van der Waals surface area contributed by atoms with E-state index < -0.39 is 18.1 Å². The first kappa shape index (κ1) is 22.1. The zero-order valence-corrected chi connectivity index (χ0v) is 19.6. The number of rotatable bonds is 6. The summed E-state index contributed by atoms with van der Waals surface area (Å²) in [4.78, 5) is 39.7. The van der Waals surface area contributed by atoms with Gasteiger partial charge in [0.25, 0.3) is 0 Å². The molecule has 3 atom stereocenters. The van der Waals surface area contributed by atoms with Crippen LogP contribution in [0, 0.1) is 23.7 Å². The first-order valence-corrected chi connectivity index (χ1v) is 12.6. The monoisotopic (exact) mass is 474 g/mol. The summed E-state index contributed by atoms with van der Waals surface area (Å²) in [6, 6.07) is 15.8. The Morgan fingerprint density at radius 2 is 1.49 bits per heavy atom. The summed E-state index contributed by atoms with van der Waals surface area (Å²) >= 11 is 0. The Morgan fingerprint density at radius 1 is 0.914 bits per heavy atom. The first-order valence-electron chi connectivity index (χ1n) is 12.6. The molecule has 7 nitrogen and oxygen atoms in total. The van der Waals surface area contributed by atoms with Gasteiger partial charge in [-0.2, -0.15) is 0 Å². The van der Waals surface area contributed by atoms with E-state index in [0.717, 1.165) is 36.8 Å². The lowest BCUT2D eigenvalue weighted by atomic mass is 9.85. The molecule has 2 bridgehead atoms. The number of hydrogen-bond acceptors (Lipinski definition) is 4. The highest BCUT2D eigenvalue weighted by atomic mass is 16.5. The smallest absolute Gasteiger partial charge is 0.407 e. The molecule has 3 unspecified atom stereocenters. The molecule has 0 radical (unpaired) electrons. The second-order valence-electron chi connectivity index (χ2n) is 10.5. The van der Waals surface area contributed by atoms with Crippen LogP contribution in [0.25, 0.3) is 11.1 Å². The van der Waals surface area contributed by atoms with Crippen LogP contribution in [-0.2, 0) is 14.3 Å². The van der Waals surface area contributed by atoms with Crippen molar-refractivity contribution in [2.24, 2.45) is 23.7 Å². The van der Waals surface area contributed by atoms with Crippen molar-refractivity contribution < 1.29 is 24.2 Å². The number of carboxylic acid groups (broad SMARTS) is 1. The maximum atomic E-state index is 13.4. The highest BCUT2D eigenvalue weighted by Crippen LogP contribution is 2.45. The molecule has 2 N–H and O–H groups in total. The normalized spacial score (nSPS) is 25.5. The Hall–Kier alpha value is -3.35. The van der Waals surface area contributed by atoms with Gasteiger partial charge in [0.2, 0.25) is 5.91 Å². The summed E-state index contributed by atoms with van der Waals surface area (Å²) in [5, 5.41) is 12.4. The summed E-state index contributed by atoms with van der Waals surface area (Å²) in [7, 11) is 0. The summed E-state index contributed by atoms with van der Waals surface area (Å²) in [6.45, 7) is 1.13. The van der Waals surface area contributed by atoms with Crippen LogP contribution >= 0.6 is 0 Å². The number of benzene rings is 2. The Morgan fingerprint density at radius 3 is 2.03 bits per heavy atom. The third kappa shape index (κ3) is 3.97. The quantitative estimate of drug-likeness (QED) is 0.663. The average molecular weight is 475 g/mol. The molecule has 2 saturated carbocycles. The third-order valence-electron chi connectivity index (χ3n) is 8.41. The fraction of sp³-hybridized carbons (Fsp3) is 0.464. The molecule has 1 aliphatic heterocycles. The van der Waals surface area contributed by atoms with Crippen molar-refractivity contribution in [1.82, 2.24) is 10.2 Å². The van der Waals surface area contributed by atoms with Gasteiger partial charge >= 0.3 is 12.1 Å². The minimum Gasteiger partial charge on any atom is -0.481 e. The highest BCUT2D eigenvalue weighted by Gasteiger charge is 2.49. The van der Waals surface area contributed by atoms with Crippen molar-refractivity contribution in [2.75, 3.05) is 19.7 Å². The summed E-state index contributed by atoms with van der Waals surface area (Å²) in [6.07, 6.45) is 2.93. The van der Waals surface area contributed by atoms with E-state index in [9.17, 15) is 19.5 Å². The van der Waals surface area contributed by atoms with E-state index in [1.807, 2.05) is 24.3 Å². The molecule has 6 rings (SSSR count). The van der Waals surface area contributed by atoms with E-state index in [-0.39, 0.29) is 42.1 Å². The molecule has 2 amide bonds.